The topological polar surface area (TPSA) is 54.5 Å². The number of aromatic nitrogens is 1. The Morgan fingerprint density at radius 2 is 1.97 bits per heavy atom. The Balaban J connectivity index is 1.39. The van der Waals surface area contributed by atoms with E-state index in [2.05, 4.69) is 38.8 Å². The Morgan fingerprint density at radius 3 is 2.67 bits per heavy atom. The summed E-state index contributed by atoms with van der Waals surface area (Å²) in [5.74, 6) is 0.873. The molecule has 1 aromatic carbocycles. The van der Waals surface area contributed by atoms with Crippen LogP contribution >= 0.6 is 22.7 Å². The highest BCUT2D eigenvalue weighted by Gasteiger charge is 2.23. The zero-order valence-electron chi connectivity index (χ0n) is 17.2. The number of carbonyl (C=O) groups is 1. The Kier molecular flexibility index (Phi) is 7.15. The second kappa shape index (κ2) is 10.2. The highest BCUT2D eigenvalue weighted by atomic mass is 32.1. The number of hydrogen-bond acceptors (Lipinski definition) is 6. The van der Waals surface area contributed by atoms with Gasteiger partial charge in [-0.2, -0.15) is 11.3 Å². The predicted molar refractivity (Wildman–Crippen MR) is 123 cm³/mol. The summed E-state index contributed by atoms with van der Waals surface area (Å²) < 4.78 is 5.30. The van der Waals surface area contributed by atoms with Gasteiger partial charge in [0.1, 0.15) is 10.8 Å². The molecule has 158 valence electrons. The van der Waals surface area contributed by atoms with Gasteiger partial charge in [-0.05, 0) is 55.1 Å². The third-order valence-electron chi connectivity index (χ3n) is 5.49. The van der Waals surface area contributed by atoms with Crippen LogP contribution in [0, 0.1) is 0 Å². The van der Waals surface area contributed by atoms with Crippen LogP contribution in [-0.2, 0) is 11.2 Å². The van der Waals surface area contributed by atoms with Crippen LogP contribution in [0.5, 0.6) is 5.75 Å². The van der Waals surface area contributed by atoms with E-state index in [0.717, 1.165) is 35.1 Å². The van der Waals surface area contributed by atoms with E-state index in [9.17, 15) is 4.79 Å². The minimum absolute atomic E-state index is 0.0210. The van der Waals surface area contributed by atoms with Crippen LogP contribution in [0.4, 0.5) is 0 Å². The van der Waals surface area contributed by atoms with Crippen molar-refractivity contribution in [2.24, 2.45) is 0 Å². The Bertz CT molecular complexity index is 932. The van der Waals surface area contributed by atoms with Crippen LogP contribution in [-0.4, -0.2) is 42.5 Å². The second-order valence-corrected chi connectivity index (χ2v) is 9.16. The average molecular weight is 442 g/mol. The lowest BCUT2D eigenvalue weighted by molar-refractivity contribution is -0.120. The molecule has 0 unspecified atom stereocenters. The summed E-state index contributed by atoms with van der Waals surface area (Å²) >= 11 is 3.25. The number of nitrogens with zero attached hydrogens (tertiary/aromatic N) is 2. The molecule has 30 heavy (non-hydrogen) atoms. The molecule has 2 aromatic heterocycles. The quantitative estimate of drug-likeness (QED) is 0.547. The number of piperidine rings is 1. The molecule has 3 aromatic rings. The van der Waals surface area contributed by atoms with Crippen molar-refractivity contribution in [2.45, 2.75) is 31.7 Å². The second-order valence-electron chi connectivity index (χ2n) is 7.52. The van der Waals surface area contributed by atoms with Gasteiger partial charge in [0, 0.05) is 22.9 Å². The Labute approximate surface area is 185 Å². The fraction of sp³-hybridized carbons (Fsp3) is 0.391. The van der Waals surface area contributed by atoms with Crippen molar-refractivity contribution in [3.8, 4) is 16.3 Å². The highest BCUT2D eigenvalue weighted by Crippen LogP contribution is 2.27. The first-order chi connectivity index (χ1) is 14.7. The number of likely N-dealkylation sites (tertiary alicyclic amines) is 1. The van der Waals surface area contributed by atoms with E-state index in [1.54, 1.807) is 29.8 Å². The van der Waals surface area contributed by atoms with Gasteiger partial charge in [0.25, 0.3) is 0 Å². The number of carbonyl (C=O) groups excluding carboxylic acids is 1. The summed E-state index contributed by atoms with van der Waals surface area (Å²) in [6.07, 6.45) is 4.03. The minimum atomic E-state index is 0.0210. The summed E-state index contributed by atoms with van der Waals surface area (Å²) in [6.45, 7) is 2.75. The number of hydrogen-bond donors (Lipinski definition) is 1. The molecule has 0 spiro atoms. The van der Waals surface area contributed by atoms with E-state index < -0.39 is 0 Å². The molecule has 5 nitrogen and oxygen atoms in total. The molecule has 1 aliphatic heterocycles. The van der Waals surface area contributed by atoms with Gasteiger partial charge in [0.05, 0.1) is 25.3 Å². The summed E-state index contributed by atoms with van der Waals surface area (Å²) in [4.78, 5) is 19.8. The number of benzene rings is 1. The van der Waals surface area contributed by atoms with Crippen molar-refractivity contribution in [3.05, 3.63) is 57.7 Å². The van der Waals surface area contributed by atoms with Crippen molar-refractivity contribution in [1.29, 1.82) is 0 Å². The highest BCUT2D eigenvalue weighted by molar-refractivity contribution is 7.14. The first-order valence-electron chi connectivity index (χ1n) is 10.3. The number of methoxy groups -OCH3 is 1. The van der Waals surface area contributed by atoms with E-state index in [1.807, 2.05) is 22.9 Å². The van der Waals surface area contributed by atoms with Crippen molar-refractivity contribution < 1.29 is 9.53 Å². The van der Waals surface area contributed by atoms with Gasteiger partial charge in [0.2, 0.25) is 5.91 Å². The van der Waals surface area contributed by atoms with E-state index in [-0.39, 0.29) is 11.9 Å². The monoisotopic (exact) mass is 441 g/mol. The molecular formula is C23H27N3O2S2. The standard InChI is InChI=1S/C23H27N3O2S2/c1-28-20-7-5-17(6-8-20)21(26-10-3-2-4-11-26)14-24-22(27)13-19-16-30-23(25-19)18-9-12-29-15-18/h5-9,12,15-16,21H,2-4,10-11,13-14H2,1H3,(H,24,27)/t21-/m0/s1. The van der Waals surface area contributed by atoms with Crippen molar-refractivity contribution in [3.63, 3.8) is 0 Å². The van der Waals surface area contributed by atoms with Crippen LogP contribution in [0.2, 0.25) is 0 Å². The van der Waals surface area contributed by atoms with Gasteiger partial charge in [-0.15, -0.1) is 11.3 Å². The fourth-order valence-electron chi connectivity index (χ4n) is 3.86. The molecule has 1 aliphatic rings. The zero-order chi connectivity index (χ0) is 20.8. The van der Waals surface area contributed by atoms with Crippen molar-refractivity contribution >= 4 is 28.6 Å². The lowest BCUT2D eigenvalue weighted by atomic mass is 10.0. The average Bonchev–Trinajstić information content (AvgIpc) is 3.47. The first-order valence-corrected chi connectivity index (χ1v) is 12.2. The van der Waals surface area contributed by atoms with Crippen molar-refractivity contribution in [1.82, 2.24) is 15.2 Å². The van der Waals surface area contributed by atoms with Gasteiger partial charge in [-0.3, -0.25) is 9.69 Å². The molecular weight excluding hydrogens is 414 g/mol. The minimum Gasteiger partial charge on any atom is -0.497 e. The molecule has 1 amide bonds. The lowest BCUT2D eigenvalue weighted by Gasteiger charge is -2.35. The summed E-state index contributed by atoms with van der Waals surface area (Å²) in [7, 11) is 1.68. The molecule has 0 aliphatic carbocycles. The van der Waals surface area contributed by atoms with E-state index in [0.29, 0.717) is 13.0 Å². The Hall–Kier alpha value is -2.22. The third-order valence-corrected chi connectivity index (χ3v) is 7.11. The summed E-state index contributed by atoms with van der Waals surface area (Å²) in [6, 6.07) is 10.4. The fourth-order valence-corrected chi connectivity index (χ4v) is 5.39. The maximum atomic E-state index is 12.6. The van der Waals surface area contributed by atoms with E-state index >= 15 is 0 Å². The molecule has 7 heteroatoms. The lowest BCUT2D eigenvalue weighted by Crippen LogP contribution is -2.41. The number of thiazole rings is 1. The van der Waals surface area contributed by atoms with Gasteiger partial charge in [-0.25, -0.2) is 4.98 Å². The Morgan fingerprint density at radius 1 is 1.17 bits per heavy atom. The number of nitrogens with one attached hydrogen (secondary N) is 1. The van der Waals surface area contributed by atoms with Crippen molar-refractivity contribution in [2.75, 3.05) is 26.7 Å². The summed E-state index contributed by atoms with van der Waals surface area (Å²) in [5.41, 5.74) is 3.17. The third kappa shape index (κ3) is 5.28. The van der Waals surface area contributed by atoms with Gasteiger partial charge < -0.3 is 10.1 Å². The molecule has 0 radical (unpaired) electrons. The van der Waals surface area contributed by atoms with Crippen LogP contribution in [0.25, 0.3) is 10.6 Å². The molecule has 1 saturated heterocycles. The molecule has 1 fully saturated rings. The largest absolute Gasteiger partial charge is 0.497 e. The molecule has 4 rings (SSSR count). The SMILES string of the molecule is COc1ccc([C@H](CNC(=O)Cc2csc(-c3ccsc3)n2)N2CCCCC2)cc1. The van der Waals surface area contributed by atoms with Crippen LogP contribution in [0.15, 0.2) is 46.5 Å². The van der Waals surface area contributed by atoms with E-state index in [1.165, 1.54) is 24.8 Å². The molecule has 0 saturated carbocycles. The van der Waals surface area contributed by atoms with Crippen LogP contribution < -0.4 is 10.1 Å². The molecule has 1 N–H and O–H groups in total. The normalized spacial score (nSPS) is 15.6. The first kappa shape index (κ1) is 21.0. The summed E-state index contributed by atoms with van der Waals surface area (Å²) in [5, 5.41) is 10.2. The van der Waals surface area contributed by atoms with Gasteiger partial charge in [-0.1, -0.05) is 18.6 Å². The smallest absolute Gasteiger partial charge is 0.226 e. The van der Waals surface area contributed by atoms with Gasteiger partial charge >= 0.3 is 0 Å². The number of thiophene rings is 1. The number of amides is 1. The van der Waals surface area contributed by atoms with Crippen LogP contribution in [0.3, 0.4) is 0 Å². The number of ether oxygens (including phenoxy) is 1. The van der Waals surface area contributed by atoms with Gasteiger partial charge in [0.15, 0.2) is 0 Å². The van der Waals surface area contributed by atoms with E-state index in [4.69, 9.17) is 4.74 Å². The maximum absolute atomic E-state index is 12.6. The molecule has 0 bridgehead atoms. The molecule has 1 atom stereocenters. The zero-order valence-corrected chi connectivity index (χ0v) is 18.8. The maximum Gasteiger partial charge on any atom is 0.226 e. The predicted octanol–water partition coefficient (Wildman–Crippen LogP) is 4.77. The number of rotatable bonds is 8. The molecule has 3 heterocycles. The van der Waals surface area contributed by atoms with Crippen LogP contribution in [0.1, 0.15) is 36.6 Å².